The van der Waals surface area contributed by atoms with Crippen LogP contribution in [0.4, 0.5) is 4.39 Å². The molecule has 0 saturated carbocycles. The van der Waals surface area contributed by atoms with E-state index in [1.54, 1.807) is 17.4 Å². The maximum absolute atomic E-state index is 13.7. The average molecular weight is 359 g/mol. The SMILES string of the molecule is Fc1cccnc1OCC1CN(Cc2nccs2)Cc2cncn2C1. The van der Waals surface area contributed by atoms with Gasteiger partial charge in [0.1, 0.15) is 5.01 Å². The summed E-state index contributed by atoms with van der Waals surface area (Å²) >= 11 is 1.65. The standard InChI is InChI=1S/C17H18FN5OS/c18-15-2-1-3-21-17(15)24-11-13-7-22(10-16-20-4-5-25-16)9-14-6-19-12-23(14)8-13/h1-6,12-13H,7-11H2. The molecule has 0 fully saturated rings. The van der Waals surface area contributed by atoms with Crippen molar-refractivity contribution in [3.63, 3.8) is 0 Å². The summed E-state index contributed by atoms with van der Waals surface area (Å²) in [5.74, 6) is -0.167. The molecule has 6 nitrogen and oxygen atoms in total. The maximum atomic E-state index is 13.7. The minimum Gasteiger partial charge on any atom is -0.475 e. The van der Waals surface area contributed by atoms with Gasteiger partial charge in [0.25, 0.3) is 0 Å². The highest BCUT2D eigenvalue weighted by Gasteiger charge is 2.23. The van der Waals surface area contributed by atoms with Gasteiger partial charge in [0.15, 0.2) is 5.82 Å². The Kier molecular flexibility index (Phi) is 4.71. The van der Waals surface area contributed by atoms with E-state index in [4.69, 9.17) is 4.74 Å². The zero-order valence-corrected chi connectivity index (χ0v) is 14.4. The minimum atomic E-state index is -0.431. The van der Waals surface area contributed by atoms with Crippen molar-refractivity contribution in [1.29, 1.82) is 0 Å². The van der Waals surface area contributed by atoms with Crippen molar-refractivity contribution in [3.8, 4) is 5.88 Å². The molecule has 130 valence electrons. The van der Waals surface area contributed by atoms with Crippen LogP contribution < -0.4 is 4.74 Å². The predicted molar refractivity (Wildman–Crippen MR) is 91.6 cm³/mol. The van der Waals surface area contributed by atoms with Gasteiger partial charge in [-0.15, -0.1) is 11.3 Å². The van der Waals surface area contributed by atoms with Crippen molar-refractivity contribution in [2.24, 2.45) is 5.92 Å². The van der Waals surface area contributed by atoms with Crippen molar-refractivity contribution >= 4 is 11.3 Å². The topological polar surface area (TPSA) is 56.1 Å². The number of rotatable bonds is 5. The largest absolute Gasteiger partial charge is 0.475 e. The van der Waals surface area contributed by atoms with E-state index in [1.807, 2.05) is 24.1 Å². The first kappa shape index (κ1) is 16.2. The third-order valence-electron chi connectivity index (χ3n) is 4.18. The number of nitrogens with zero attached hydrogens (tertiary/aromatic N) is 5. The van der Waals surface area contributed by atoms with E-state index in [1.165, 1.54) is 18.0 Å². The smallest absolute Gasteiger partial charge is 0.250 e. The number of thiazole rings is 1. The molecule has 0 aromatic carbocycles. The van der Waals surface area contributed by atoms with Crippen LogP contribution in [0.25, 0.3) is 0 Å². The van der Waals surface area contributed by atoms with Crippen LogP contribution in [0, 0.1) is 11.7 Å². The first-order chi connectivity index (χ1) is 12.3. The molecular weight excluding hydrogens is 341 g/mol. The zero-order valence-electron chi connectivity index (χ0n) is 13.6. The highest BCUT2D eigenvalue weighted by atomic mass is 32.1. The molecule has 1 unspecified atom stereocenters. The van der Waals surface area contributed by atoms with Gasteiger partial charge >= 0.3 is 0 Å². The molecular formula is C17H18FN5OS. The fourth-order valence-electron chi connectivity index (χ4n) is 3.06. The Balaban J connectivity index is 1.47. The third-order valence-corrected chi connectivity index (χ3v) is 4.94. The fourth-order valence-corrected chi connectivity index (χ4v) is 3.72. The Hall–Kier alpha value is -2.32. The zero-order chi connectivity index (χ0) is 17.1. The summed E-state index contributed by atoms with van der Waals surface area (Å²) in [7, 11) is 0. The number of halogens is 1. The van der Waals surface area contributed by atoms with Gasteiger partial charge in [-0.05, 0) is 12.1 Å². The van der Waals surface area contributed by atoms with E-state index in [0.717, 1.165) is 31.2 Å². The summed E-state index contributed by atoms with van der Waals surface area (Å²) in [5, 5.41) is 3.07. The molecule has 0 spiro atoms. The van der Waals surface area contributed by atoms with Crippen LogP contribution in [0.3, 0.4) is 0 Å². The van der Waals surface area contributed by atoms with E-state index in [9.17, 15) is 4.39 Å². The van der Waals surface area contributed by atoms with Gasteiger partial charge in [-0.2, -0.15) is 0 Å². The van der Waals surface area contributed by atoms with Gasteiger partial charge in [0.2, 0.25) is 5.88 Å². The lowest BCUT2D eigenvalue weighted by Gasteiger charge is -2.23. The quantitative estimate of drug-likeness (QED) is 0.701. The summed E-state index contributed by atoms with van der Waals surface area (Å²) in [6.45, 7) is 3.64. The van der Waals surface area contributed by atoms with Crippen molar-refractivity contribution in [1.82, 2.24) is 24.4 Å². The van der Waals surface area contributed by atoms with Crippen LogP contribution in [-0.4, -0.2) is 37.6 Å². The molecule has 25 heavy (non-hydrogen) atoms. The van der Waals surface area contributed by atoms with E-state index in [-0.39, 0.29) is 11.8 Å². The van der Waals surface area contributed by atoms with Crippen molar-refractivity contribution in [2.45, 2.75) is 19.6 Å². The molecule has 0 aliphatic carbocycles. The number of pyridine rings is 1. The Labute approximate surface area is 148 Å². The number of aromatic nitrogens is 4. The monoisotopic (exact) mass is 359 g/mol. The number of ether oxygens (including phenoxy) is 1. The fraction of sp³-hybridized carbons (Fsp3) is 0.353. The first-order valence-electron chi connectivity index (χ1n) is 8.11. The summed E-state index contributed by atoms with van der Waals surface area (Å²) in [6.07, 6.45) is 7.11. The molecule has 1 atom stereocenters. The van der Waals surface area contributed by atoms with Gasteiger partial charge in [-0.3, -0.25) is 4.90 Å². The van der Waals surface area contributed by atoms with Gasteiger partial charge in [-0.1, -0.05) is 0 Å². The molecule has 0 amide bonds. The van der Waals surface area contributed by atoms with Crippen LogP contribution in [0.2, 0.25) is 0 Å². The lowest BCUT2D eigenvalue weighted by molar-refractivity contribution is 0.161. The molecule has 0 saturated heterocycles. The van der Waals surface area contributed by atoms with E-state index in [2.05, 4.69) is 24.4 Å². The molecule has 3 aromatic rings. The second kappa shape index (κ2) is 7.28. The molecule has 4 heterocycles. The van der Waals surface area contributed by atoms with Gasteiger partial charge < -0.3 is 9.30 Å². The van der Waals surface area contributed by atoms with E-state index >= 15 is 0 Å². The molecule has 1 aliphatic heterocycles. The molecule has 0 N–H and O–H groups in total. The molecule has 1 aliphatic rings. The predicted octanol–water partition coefficient (Wildman–Crippen LogP) is 2.58. The third kappa shape index (κ3) is 3.85. The van der Waals surface area contributed by atoms with Crippen molar-refractivity contribution in [3.05, 3.63) is 58.9 Å². The molecule has 3 aromatic heterocycles. The summed E-state index contributed by atoms with van der Waals surface area (Å²) in [5.41, 5.74) is 1.17. The van der Waals surface area contributed by atoms with Gasteiger partial charge in [0.05, 0.1) is 25.2 Å². The van der Waals surface area contributed by atoms with Crippen LogP contribution in [-0.2, 0) is 19.6 Å². The number of fused-ring (bicyclic) bond motifs is 1. The summed E-state index contributed by atoms with van der Waals surface area (Å²) < 4.78 is 21.5. The average Bonchev–Trinajstić information content (AvgIpc) is 3.23. The highest BCUT2D eigenvalue weighted by molar-refractivity contribution is 7.09. The number of hydrogen-bond acceptors (Lipinski definition) is 6. The van der Waals surface area contributed by atoms with E-state index in [0.29, 0.717) is 6.61 Å². The van der Waals surface area contributed by atoms with Crippen LogP contribution in [0.5, 0.6) is 5.88 Å². The lowest BCUT2D eigenvalue weighted by atomic mass is 10.1. The van der Waals surface area contributed by atoms with Crippen LogP contribution in [0.1, 0.15) is 10.7 Å². The Morgan fingerprint density at radius 2 is 2.24 bits per heavy atom. The van der Waals surface area contributed by atoms with Crippen LogP contribution >= 0.6 is 11.3 Å². The van der Waals surface area contributed by atoms with Crippen molar-refractivity contribution in [2.75, 3.05) is 13.2 Å². The lowest BCUT2D eigenvalue weighted by Crippen LogP contribution is -2.30. The Morgan fingerprint density at radius 1 is 1.28 bits per heavy atom. The van der Waals surface area contributed by atoms with Gasteiger partial charge in [-0.25, -0.2) is 19.3 Å². The summed E-state index contributed by atoms with van der Waals surface area (Å²) in [6, 6.07) is 2.92. The Morgan fingerprint density at radius 3 is 3.08 bits per heavy atom. The molecule has 0 bridgehead atoms. The minimum absolute atomic E-state index is 0.0593. The molecule has 8 heteroatoms. The van der Waals surface area contributed by atoms with Gasteiger partial charge in [0, 0.05) is 49.5 Å². The second-order valence-electron chi connectivity index (χ2n) is 6.10. The maximum Gasteiger partial charge on any atom is 0.250 e. The number of imidazole rings is 1. The van der Waals surface area contributed by atoms with Crippen molar-refractivity contribution < 1.29 is 9.13 Å². The Bertz CT molecular complexity index is 822. The van der Waals surface area contributed by atoms with Crippen LogP contribution in [0.15, 0.2) is 42.4 Å². The molecule has 0 radical (unpaired) electrons. The normalized spacial score (nSPS) is 17.9. The number of hydrogen-bond donors (Lipinski definition) is 0. The molecule has 4 rings (SSSR count). The highest BCUT2D eigenvalue weighted by Crippen LogP contribution is 2.20. The first-order valence-corrected chi connectivity index (χ1v) is 8.99. The summed E-state index contributed by atoms with van der Waals surface area (Å²) in [4.78, 5) is 14.9. The second-order valence-corrected chi connectivity index (χ2v) is 7.08. The van der Waals surface area contributed by atoms with E-state index < -0.39 is 5.82 Å².